The van der Waals surface area contributed by atoms with Gasteiger partial charge in [0.2, 0.25) is 0 Å². The molecular formula is C14H24N4O. The molecule has 0 bridgehead atoms. The molecule has 1 heterocycles. The van der Waals surface area contributed by atoms with Gasteiger partial charge in [0.05, 0.1) is 0 Å². The second-order valence-corrected chi connectivity index (χ2v) is 5.95. The molecule has 1 aromatic heterocycles. The van der Waals surface area contributed by atoms with E-state index in [0.29, 0.717) is 18.1 Å². The molecule has 0 aromatic carbocycles. The lowest BCUT2D eigenvalue weighted by atomic mass is 9.96. The predicted octanol–water partition coefficient (Wildman–Crippen LogP) is 2.42. The Balaban J connectivity index is 2.67. The summed E-state index contributed by atoms with van der Waals surface area (Å²) in [7, 11) is 1.79. The molecule has 5 heteroatoms. The van der Waals surface area contributed by atoms with Crippen LogP contribution in [0.4, 0.5) is 5.82 Å². The molecule has 1 amide bonds. The number of hydrogen-bond donors (Lipinski definition) is 1. The van der Waals surface area contributed by atoms with Crippen molar-refractivity contribution in [1.29, 1.82) is 0 Å². The van der Waals surface area contributed by atoms with Crippen LogP contribution in [0.15, 0.2) is 12.1 Å². The zero-order chi connectivity index (χ0) is 14.5. The summed E-state index contributed by atoms with van der Waals surface area (Å²) in [4.78, 5) is 13.8. The van der Waals surface area contributed by atoms with E-state index >= 15 is 0 Å². The first-order valence-corrected chi connectivity index (χ1v) is 6.66. The van der Waals surface area contributed by atoms with Crippen LogP contribution < -0.4 is 5.32 Å². The molecular weight excluding hydrogens is 240 g/mol. The maximum Gasteiger partial charge on any atom is 0.274 e. The second kappa shape index (κ2) is 6.50. The van der Waals surface area contributed by atoms with Crippen molar-refractivity contribution >= 4 is 11.7 Å². The molecule has 1 aromatic rings. The van der Waals surface area contributed by atoms with Gasteiger partial charge < -0.3 is 10.2 Å². The minimum Gasteiger partial charge on any atom is -0.369 e. The third kappa shape index (κ3) is 5.24. The third-order valence-corrected chi connectivity index (χ3v) is 2.50. The molecule has 0 aliphatic heterocycles. The molecule has 0 unspecified atom stereocenters. The zero-order valence-electron chi connectivity index (χ0n) is 12.5. The van der Waals surface area contributed by atoms with E-state index in [9.17, 15) is 4.79 Å². The number of carbonyl (C=O) groups excluding carboxylic acids is 1. The van der Waals surface area contributed by atoms with Gasteiger partial charge in [0.1, 0.15) is 5.82 Å². The third-order valence-electron chi connectivity index (χ3n) is 2.50. The van der Waals surface area contributed by atoms with E-state index in [1.54, 1.807) is 24.1 Å². The molecule has 0 aliphatic carbocycles. The van der Waals surface area contributed by atoms with Crippen molar-refractivity contribution in [3.05, 3.63) is 17.8 Å². The number of carbonyl (C=O) groups is 1. The minimum atomic E-state index is -0.0931. The fraction of sp³-hybridized carbons (Fsp3) is 0.643. The molecule has 1 rings (SSSR count). The topological polar surface area (TPSA) is 58.1 Å². The number of nitrogens with zero attached hydrogens (tertiary/aromatic N) is 3. The van der Waals surface area contributed by atoms with Gasteiger partial charge in [-0.2, -0.15) is 0 Å². The maximum absolute atomic E-state index is 12.2. The van der Waals surface area contributed by atoms with Gasteiger partial charge in [-0.25, -0.2) is 0 Å². The second-order valence-electron chi connectivity index (χ2n) is 5.95. The molecule has 0 radical (unpaired) electrons. The first-order chi connectivity index (χ1) is 8.83. The van der Waals surface area contributed by atoms with Crippen LogP contribution >= 0.6 is 0 Å². The number of anilines is 1. The van der Waals surface area contributed by atoms with Gasteiger partial charge in [0.15, 0.2) is 5.69 Å². The summed E-state index contributed by atoms with van der Waals surface area (Å²) < 4.78 is 0. The lowest BCUT2D eigenvalue weighted by Gasteiger charge is -2.26. The van der Waals surface area contributed by atoms with Gasteiger partial charge in [-0.3, -0.25) is 4.79 Å². The number of aromatic nitrogens is 2. The van der Waals surface area contributed by atoms with E-state index in [0.717, 1.165) is 13.0 Å². The van der Waals surface area contributed by atoms with Crippen LogP contribution in [0.5, 0.6) is 0 Å². The molecule has 0 spiro atoms. The molecule has 19 heavy (non-hydrogen) atoms. The standard InChI is InChI=1S/C14H24N4O/c1-6-9-15-12-8-7-11(16-17-12)13(19)18(5)10-14(2,3)4/h7-8H,6,9-10H2,1-5H3,(H,15,17). The smallest absolute Gasteiger partial charge is 0.274 e. The van der Waals surface area contributed by atoms with E-state index in [1.165, 1.54) is 0 Å². The van der Waals surface area contributed by atoms with Crippen LogP contribution in [0.2, 0.25) is 0 Å². The average Bonchev–Trinajstić information content (AvgIpc) is 2.34. The van der Waals surface area contributed by atoms with Gasteiger partial charge in [-0.15, -0.1) is 10.2 Å². The summed E-state index contributed by atoms with van der Waals surface area (Å²) in [6, 6.07) is 3.51. The van der Waals surface area contributed by atoms with Crippen molar-refractivity contribution in [3.8, 4) is 0 Å². The van der Waals surface area contributed by atoms with E-state index in [-0.39, 0.29) is 11.3 Å². The van der Waals surface area contributed by atoms with Gasteiger partial charge in [-0.05, 0) is 24.0 Å². The Morgan fingerprint density at radius 2 is 2.00 bits per heavy atom. The van der Waals surface area contributed by atoms with Crippen LogP contribution in [0.3, 0.4) is 0 Å². The highest BCUT2D eigenvalue weighted by molar-refractivity contribution is 5.92. The zero-order valence-corrected chi connectivity index (χ0v) is 12.5. The molecule has 0 saturated carbocycles. The average molecular weight is 264 g/mol. The number of rotatable bonds is 5. The van der Waals surface area contributed by atoms with Gasteiger partial charge in [0.25, 0.3) is 5.91 Å². The summed E-state index contributed by atoms with van der Waals surface area (Å²) >= 11 is 0. The lowest BCUT2D eigenvalue weighted by Crippen LogP contribution is -2.35. The van der Waals surface area contributed by atoms with Crippen LogP contribution in [-0.2, 0) is 0 Å². The van der Waals surface area contributed by atoms with Crippen molar-refractivity contribution in [3.63, 3.8) is 0 Å². The van der Waals surface area contributed by atoms with Gasteiger partial charge in [0, 0.05) is 20.1 Å². The van der Waals surface area contributed by atoms with Crippen LogP contribution in [0.25, 0.3) is 0 Å². The van der Waals surface area contributed by atoms with Crippen molar-refractivity contribution in [2.24, 2.45) is 5.41 Å². The quantitative estimate of drug-likeness (QED) is 0.887. The molecule has 106 valence electrons. The monoisotopic (exact) mass is 264 g/mol. The maximum atomic E-state index is 12.2. The van der Waals surface area contributed by atoms with Crippen molar-refractivity contribution < 1.29 is 4.79 Å². The van der Waals surface area contributed by atoms with E-state index in [2.05, 4.69) is 43.2 Å². The Hall–Kier alpha value is -1.65. The highest BCUT2D eigenvalue weighted by Gasteiger charge is 2.19. The molecule has 5 nitrogen and oxygen atoms in total. The van der Waals surface area contributed by atoms with Crippen LogP contribution in [0.1, 0.15) is 44.6 Å². The van der Waals surface area contributed by atoms with E-state index < -0.39 is 0 Å². The Labute approximate surface area is 115 Å². The fourth-order valence-corrected chi connectivity index (χ4v) is 1.77. The Kier molecular flexibility index (Phi) is 5.27. The molecule has 0 fully saturated rings. The summed E-state index contributed by atoms with van der Waals surface area (Å²) in [5.41, 5.74) is 0.453. The minimum absolute atomic E-state index is 0.0699. The first-order valence-electron chi connectivity index (χ1n) is 6.66. The SMILES string of the molecule is CCCNc1ccc(C(=O)N(C)CC(C)(C)C)nn1. The van der Waals surface area contributed by atoms with Gasteiger partial charge in [-0.1, -0.05) is 27.7 Å². The number of hydrogen-bond acceptors (Lipinski definition) is 4. The number of nitrogens with one attached hydrogen (secondary N) is 1. The number of amides is 1. The van der Waals surface area contributed by atoms with Gasteiger partial charge >= 0.3 is 0 Å². The predicted molar refractivity (Wildman–Crippen MR) is 77.2 cm³/mol. The van der Waals surface area contributed by atoms with Crippen molar-refractivity contribution in [2.45, 2.75) is 34.1 Å². The molecule has 0 saturated heterocycles. The van der Waals surface area contributed by atoms with Crippen molar-refractivity contribution in [2.75, 3.05) is 25.5 Å². The Bertz CT molecular complexity index is 408. The Morgan fingerprint density at radius 1 is 1.32 bits per heavy atom. The van der Waals surface area contributed by atoms with Crippen molar-refractivity contribution in [1.82, 2.24) is 15.1 Å². The molecule has 1 N–H and O–H groups in total. The summed E-state index contributed by atoms with van der Waals surface area (Å²) in [5, 5.41) is 11.1. The fourth-order valence-electron chi connectivity index (χ4n) is 1.77. The normalized spacial score (nSPS) is 11.2. The lowest BCUT2D eigenvalue weighted by molar-refractivity contribution is 0.0738. The first kappa shape index (κ1) is 15.4. The largest absolute Gasteiger partial charge is 0.369 e. The summed E-state index contributed by atoms with van der Waals surface area (Å²) in [5.74, 6) is 0.612. The van der Waals surface area contributed by atoms with Crippen LogP contribution in [-0.4, -0.2) is 41.1 Å². The van der Waals surface area contributed by atoms with E-state index in [1.807, 2.05) is 0 Å². The van der Waals surface area contributed by atoms with Crippen LogP contribution in [0, 0.1) is 5.41 Å². The molecule has 0 aliphatic rings. The molecule has 0 atom stereocenters. The van der Waals surface area contributed by atoms with E-state index in [4.69, 9.17) is 0 Å². The summed E-state index contributed by atoms with van der Waals surface area (Å²) in [6.07, 6.45) is 1.02. The highest BCUT2D eigenvalue weighted by atomic mass is 16.2. The summed E-state index contributed by atoms with van der Waals surface area (Å²) in [6.45, 7) is 9.91. The highest BCUT2D eigenvalue weighted by Crippen LogP contribution is 2.15. The Morgan fingerprint density at radius 3 is 2.47 bits per heavy atom.